The summed E-state index contributed by atoms with van der Waals surface area (Å²) >= 11 is 1.16. The van der Waals surface area contributed by atoms with Gasteiger partial charge in [-0.2, -0.15) is 0 Å². The number of amides is 1. The molecule has 5 nitrogen and oxygen atoms in total. The zero-order valence-electron chi connectivity index (χ0n) is 15.6. The molecule has 1 unspecified atom stereocenters. The Balaban J connectivity index is 2.00. The smallest absolute Gasteiger partial charge is 0.316 e. The Bertz CT molecular complexity index is 778. The molecule has 0 fully saturated rings. The third kappa shape index (κ3) is 6.64. The Morgan fingerprint density at radius 3 is 2.70 bits per heavy atom. The molecule has 0 heterocycles. The highest BCUT2D eigenvalue weighted by Crippen LogP contribution is 2.27. The van der Waals surface area contributed by atoms with E-state index in [1.807, 2.05) is 24.3 Å². The summed E-state index contributed by atoms with van der Waals surface area (Å²) in [6.07, 6.45) is 2.08. The number of unbranched alkanes of at least 4 members (excludes halogenated alkanes) is 1. The van der Waals surface area contributed by atoms with Crippen LogP contribution >= 0.6 is 11.8 Å². The van der Waals surface area contributed by atoms with E-state index in [0.717, 1.165) is 35.9 Å². The quantitative estimate of drug-likeness (QED) is 0.468. The van der Waals surface area contributed by atoms with Gasteiger partial charge in [0.25, 0.3) is 5.91 Å². The lowest BCUT2D eigenvalue weighted by atomic mass is 10.2. The number of carboxylic acid groups (broad SMARTS) is 1. The maximum absolute atomic E-state index is 12.6. The van der Waals surface area contributed by atoms with Crippen LogP contribution in [0.3, 0.4) is 0 Å². The minimum Gasteiger partial charge on any atom is -0.494 e. The van der Waals surface area contributed by atoms with E-state index in [9.17, 15) is 9.59 Å². The second-order valence-corrected chi connectivity index (χ2v) is 7.51. The van der Waals surface area contributed by atoms with Crippen molar-refractivity contribution in [2.75, 3.05) is 6.61 Å². The molecule has 0 aliphatic heterocycles. The normalized spacial score (nSPS) is 11.6. The second-order valence-electron chi connectivity index (χ2n) is 6.13. The van der Waals surface area contributed by atoms with Gasteiger partial charge in [0.15, 0.2) is 0 Å². The van der Waals surface area contributed by atoms with E-state index < -0.39 is 11.2 Å². The standard InChI is InChI=1S/C21H25NO4S/c1-3-4-12-26-17-9-7-8-16(13-17)14-22-20(23)18-10-5-6-11-19(18)27-15(2)21(24)25/h5-11,13,15H,3-4,12,14H2,1-2H3,(H,22,23)(H,24,25). The number of nitrogens with one attached hydrogen (secondary N) is 1. The molecule has 0 aliphatic carbocycles. The first-order chi connectivity index (χ1) is 13.0. The molecule has 2 rings (SSSR count). The summed E-state index contributed by atoms with van der Waals surface area (Å²) in [6.45, 7) is 4.77. The largest absolute Gasteiger partial charge is 0.494 e. The van der Waals surface area contributed by atoms with Gasteiger partial charge in [-0.05, 0) is 43.2 Å². The van der Waals surface area contributed by atoms with Crippen LogP contribution in [0.15, 0.2) is 53.4 Å². The highest BCUT2D eigenvalue weighted by Gasteiger charge is 2.17. The first-order valence-corrected chi connectivity index (χ1v) is 9.87. The molecule has 1 atom stereocenters. The third-order valence-corrected chi connectivity index (χ3v) is 5.07. The number of ether oxygens (including phenoxy) is 1. The van der Waals surface area contributed by atoms with Crippen molar-refractivity contribution in [2.24, 2.45) is 0 Å². The Morgan fingerprint density at radius 2 is 1.96 bits per heavy atom. The molecule has 0 spiro atoms. The number of rotatable bonds is 10. The molecule has 0 bridgehead atoms. The Labute approximate surface area is 164 Å². The number of benzene rings is 2. The number of carbonyl (C=O) groups is 2. The minimum atomic E-state index is -0.907. The lowest BCUT2D eigenvalue weighted by Gasteiger charge is -2.12. The van der Waals surface area contributed by atoms with E-state index in [-0.39, 0.29) is 5.91 Å². The maximum atomic E-state index is 12.6. The van der Waals surface area contributed by atoms with Gasteiger partial charge in [-0.3, -0.25) is 9.59 Å². The number of carbonyl (C=O) groups excluding carboxylic acids is 1. The van der Waals surface area contributed by atoms with E-state index in [0.29, 0.717) is 23.6 Å². The van der Waals surface area contributed by atoms with Crippen molar-refractivity contribution in [3.05, 3.63) is 59.7 Å². The van der Waals surface area contributed by atoms with Crippen molar-refractivity contribution in [1.29, 1.82) is 0 Å². The van der Waals surface area contributed by atoms with Gasteiger partial charge in [-0.25, -0.2) is 0 Å². The van der Waals surface area contributed by atoms with Gasteiger partial charge in [-0.15, -0.1) is 11.8 Å². The fourth-order valence-corrected chi connectivity index (χ4v) is 3.28. The van der Waals surface area contributed by atoms with Crippen LogP contribution in [0.2, 0.25) is 0 Å². The van der Waals surface area contributed by atoms with Gasteiger partial charge < -0.3 is 15.2 Å². The van der Waals surface area contributed by atoms with Gasteiger partial charge >= 0.3 is 5.97 Å². The Kier molecular flexibility index (Phi) is 8.20. The average Bonchev–Trinajstić information content (AvgIpc) is 2.67. The summed E-state index contributed by atoms with van der Waals surface area (Å²) in [5.41, 5.74) is 1.42. The van der Waals surface area contributed by atoms with Gasteiger partial charge in [-0.1, -0.05) is 37.6 Å². The van der Waals surface area contributed by atoms with E-state index in [2.05, 4.69) is 12.2 Å². The lowest BCUT2D eigenvalue weighted by molar-refractivity contribution is -0.136. The van der Waals surface area contributed by atoms with Crippen molar-refractivity contribution in [2.45, 2.75) is 43.4 Å². The monoisotopic (exact) mass is 387 g/mol. The van der Waals surface area contributed by atoms with Crippen molar-refractivity contribution in [3.8, 4) is 5.75 Å². The molecule has 1 amide bonds. The van der Waals surface area contributed by atoms with Crippen molar-refractivity contribution in [1.82, 2.24) is 5.32 Å². The fourth-order valence-electron chi connectivity index (χ4n) is 2.36. The van der Waals surface area contributed by atoms with Crippen LogP contribution in [0.5, 0.6) is 5.75 Å². The topological polar surface area (TPSA) is 75.6 Å². The van der Waals surface area contributed by atoms with Crippen molar-refractivity contribution >= 4 is 23.6 Å². The summed E-state index contributed by atoms with van der Waals surface area (Å²) in [5.74, 6) is -0.343. The first kappa shape index (κ1) is 20.8. The molecule has 0 aromatic heterocycles. The molecule has 0 saturated carbocycles. The predicted molar refractivity (Wildman–Crippen MR) is 107 cm³/mol. The molecule has 2 aromatic rings. The summed E-state index contributed by atoms with van der Waals surface area (Å²) in [4.78, 5) is 24.3. The van der Waals surface area contributed by atoms with Gasteiger partial charge in [0.05, 0.1) is 12.2 Å². The molecule has 2 aromatic carbocycles. The Morgan fingerprint density at radius 1 is 1.19 bits per heavy atom. The summed E-state index contributed by atoms with van der Waals surface area (Å²) in [5, 5.41) is 11.4. The molecule has 0 radical (unpaired) electrons. The SMILES string of the molecule is CCCCOc1cccc(CNC(=O)c2ccccc2SC(C)C(=O)O)c1. The predicted octanol–water partition coefficient (Wildman–Crippen LogP) is 4.36. The van der Waals surface area contributed by atoms with Gasteiger partial charge in [0, 0.05) is 11.4 Å². The van der Waals surface area contributed by atoms with E-state index in [4.69, 9.17) is 9.84 Å². The van der Waals surface area contributed by atoms with Crippen LogP contribution in [0.4, 0.5) is 0 Å². The van der Waals surface area contributed by atoms with Crippen LogP contribution in [-0.4, -0.2) is 28.8 Å². The molecule has 27 heavy (non-hydrogen) atoms. The zero-order valence-corrected chi connectivity index (χ0v) is 16.4. The van der Waals surface area contributed by atoms with Crippen LogP contribution < -0.4 is 10.1 Å². The third-order valence-electron chi connectivity index (χ3n) is 3.90. The van der Waals surface area contributed by atoms with Crippen LogP contribution in [0.1, 0.15) is 42.6 Å². The van der Waals surface area contributed by atoms with Gasteiger partial charge in [0.2, 0.25) is 0 Å². The van der Waals surface area contributed by atoms with E-state index in [1.165, 1.54) is 0 Å². The van der Waals surface area contributed by atoms with Crippen molar-refractivity contribution < 1.29 is 19.4 Å². The summed E-state index contributed by atoms with van der Waals surface area (Å²) < 4.78 is 5.69. The zero-order chi connectivity index (χ0) is 19.6. The van der Waals surface area contributed by atoms with E-state index >= 15 is 0 Å². The number of aliphatic carboxylic acids is 1. The number of carboxylic acids is 1. The second kappa shape index (κ2) is 10.6. The van der Waals surface area contributed by atoms with Crippen LogP contribution in [0, 0.1) is 0 Å². The summed E-state index contributed by atoms with van der Waals surface area (Å²) in [6, 6.07) is 14.7. The van der Waals surface area contributed by atoms with Gasteiger partial charge in [0.1, 0.15) is 11.0 Å². The highest BCUT2D eigenvalue weighted by atomic mass is 32.2. The minimum absolute atomic E-state index is 0.229. The molecule has 2 N–H and O–H groups in total. The maximum Gasteiger partial charge on any atom is 0.316 e. The van der Waals surface area contributed by atoms with Crippen molar-refractivity contribution in [3.63, 3.8) is 0 Å². The molecular weight excluding hydrogens is 362 g/mol. The number of thioether (sulfide) groups is 1. The average molecular weight is 388 g/mol. The molecule has 144 valence electrons. The first-order valence-electron chi connectivity index (χ1n) is 8.99. The highest BCUT2D eigenvalue weighted by molar-refractivity contribution is 8.00. The molecular formula is C21H25NO4S. The fraction of sp³-hybridized carbons (Fsp3) is 0.333. The van der Waals surface area contributed by atoms with Crippen LogP contribution in [0.25, 0.3) is 0 Å². The Hall–Kier alpha value is -2.47. The summed E-state index contributed by atoms with van der Waals surface area (Å²) in [7, 11) is 0. The van der Waals surface area contributed by atoms with Crippen LogP contribution in [-0.2, 0) is 11.3 Å². The molecule has 0 saturated heterocycles. The molecule has 0 aliphatic rings. The number of hydrogen-bond acceptors (Lipinski definition) is 4. The number of hydrogen-bond donors (Lipinski definition) is 2. The lowest BCUT2D eigenvalue weighted by Crippen LogP contribution is -2.23. The van der Waals surface area contributed by atoms with E-state index in [1.54, 1.807) is 31.2 Å². The molecule has 6 heteroatoms.